The van der Waals surface area contributed by atoms with E-state index in [-0.39, 0.29) is 0 Å². The van der Waals surface area contributed by atoms with Crippen LogP contribution in [0.3, 0.4) is 0 Å². The fourth-order valence-corrected chi connectivity index (χ4v) is 6.66. The monoisotopic (exact) mass is 460 g/mol. The summed E-state index contributed by atoms with van der Waals surface area (Å²) < 4.78 is 3.08. The predicted molar refractivity (Wildman–Crippen MR) is 84.0 cm³/mol. The third-order valence-electron chi connectivity index (χ3n) is 2.02. The molecule has 0 aromatic heterocycles. The fourth-order valence-electron chi connectivity index (χ4n) is 1.17. The van der Waals surface area contributed by atoms with Crippen molar-refractivity contribution in [2.24, 2.45) is 0 Å². The Morgan fingerprint density at radius 2 is 2.00 bits per heavy atom. The fraction of sp³-hybridized carbons (Fsp3) is 0.385. The van der Waals surface area contributed by atoms with Gasteiger partial charge in [0.15, 0.2) is 0 Å². The van der Waals surface area contributed by atoms with Crippen molar-refractivity contribution < 1.29 is 0 Å². The van der Waals surface area contributed by atoms with Crippen LogP contribution in [0, 0.1) is 0 Å². The van der Waals surface area contributed by atoms with Gasteiger partial charge in [0.25, 0.3) is 0 Å². The standard InChI is InChI=1S/C13H17ISe2/c1-2-3-7-10-15-13(14)11-16-12-8-5-4-6-9-12/h4-6,8-9,11H,2-3,7,10H2,1H3/b13-11-. The van der Waals surface area contributed by atoms with Crippen LogP contribution in [-0.4, -0.2) is 29.9 Å². The summed E-state index contributed by atoms with van der Waals surface area (Å²) in [7, 11) is 0. The van der Waals surface area contributed by atoms with E-state index in [1.165, 1.54) is 29.0 Å². The SMILES string of the molecule is CCCCC[Se]/C(I)=C\[Se]c1ccccc1. The normalized spacial score (nSPS) is 11.8. The van der Waals surface area contributed by atoms with Gasteiger partial charge in [0, 0.05) is 0 Å². The Labute approximate surface area is 125 Å². The third-order valence-corrected chi connectivity index (χ3v) is 9.40. The Bertz CT molecular complexity index is 309. The summed E-state index contributed by atoms with van der Waals surface area (Å²) in [6.07, 6.45) is 4.15. The van der Waals surface area contributed by atoms with E-state index in [0.717, 1.165) is 15.0 Å². The molecule has 1 rings (SSSR count). The quantitative estimate of drug-likeness (QED) is 0.333. The Balaban J connectivity index is 2.23. The predicted octanol–water partition coefficient (Wildman–Crippen LogP) is 3.56. The first kappa shape index (κ1) is 14.8. The van der Waals surface area contributed by atoms with Gasteiger partial charge in [0.2, 0.25) is 0 Å². The molecule has 1 aromatic carbocycles. The zero-order chi connectivity index (χ0) is 11.6. The molecule has 0 aliphatic carbocycles. The zero-order valence-corrected chi connectivity index (χ0v) is 15.1. The van der Waals surface area contributed by atoms with Gasteiger partial charge < -0.3 is 0 Å². The summed E-state index contributed by atoms with van der Waals surface area (Å²) in [6, 6.07) is 10.8. The van der Waals surface area contributed by atoms with Gasteiger partial charge in [-0.2, -0.15) is 0 Å². The van der Waals surface area contributed by atoms with E-state index < -0.39 is 0 Å². The van der Waals surface area contributed by atoms with Gasteiger partial charge in [-0.1, -0.05) is 0 Å². The van der Waals surface area contributed by atoms with Gasteiger partial charge in [0.1, 0.15) is 0 Å². The van der Waals surface area contributed by atoms with E-state index in [4.69, 9.17) is 0 Å². The topological polar surface area (TPSA) is 0 Å². The molecule has 3 heteroatoms. The van der Waals surface area contributed by atoms with Crippen LogP contribution in [0.4, 0.5) is 0 Å². The maximum atomic E-state index is 2.52. The molecule has 0 N–H and O–H groups in total. The van der Waals surface area contributed by atoms with Crippen LogP contribution >= 0.6 is 22.6 Å². The molecule has 0 saturated heterocycles. The van der Waals surface area contributed by atoms with Crippen molar-refractivity contribution in [3.8, 4) is 0 Å². The molecule has 0 nitrogen and oxygen atoms in total. The van der Waals surface area contributed by atoms with Crippen molar-refractivity contribution in [3.05, 3.63) is 37.8 Å². The van der Waals surface area contributed by atoms with Crippen LogP contribution in [-0.2, 0) is 0 Å². The molecule has 88 valence electrons. The van der Waals surface area contributed by atoms with Crippen LogP contribution in [0.1, 0.15) is 26.2 Å². The molecular weight excluding hydrogens is 441 g/mol. The summed E-state index contributed by atoms with van der Waals surface area (Å²) >= 11 is 3.79. The van der Waals surface area contributed by atoms with Crippen LogP contribution in [0.25, 0.3) is 0 Å². The van der Waals surface area contributed by atoms with Gasteiger partial charge >= 0.3 is 126 Å². The number of halogens is 1. The van der Waals surface area contributed by atoms with Crippen LogP contribution in [0.5, 0.6) is 0 Å². The summed E-state index contributed by atoms with van der Waals surface area (Å²) in [5.74, 6) is 0. The number of rotatable bonds is 7. The van der Waals surface area contributed by atoms with Crippen LogP contribution in [0.2, 0.25) is 5.32 Å². The average molecular weight is 458 g/mol. The molecule has 0 bridgehead atoms. The molecule has 16 heavy (non-hydrogen) atoms. The Morgan fingerprint density at radius 3 is 2.69 bits per heavy atom. The Morgan fingerprint density at radius 1 is 1.25 bits per heavy atom. The van der Waals surface area contributed by atoms with Gasteiger partial charge in [-0.15, -0.1) is 0 Å². The number of unbranched alkanes of at least 4 members (excludes halogenated alkanes) is 2. The average Bonchev–Trinajstić information content (AvgIpc) is 2.33. The molecule has 0 amide bonds. The summed E-state index contributed by atoms with van der Waals surface area (Å²) in [4.78, 5) is 2.45. The number of hydrogen-bond donors (Lipinski definition) is 0. The third kappa shape index (κ3) is 7.13. The molecule has 0 spiro atoms. The van der Waals surface area contributed by atoms with Crippen molar-refractivity contribution in [1.29, 1.82) is 0 Å². The molecule has 0 radical (unpaired) electrons. The molecule has 0 heterocycles. The first-order valence-electron chi connectivity index (χ1n) is 5.53. The first-order valence-corrected chi connectivity index (χ1v) is 10.5. The molecular formula is C13H17ISe2. The zero-order valence-electron chi connectivity index (χ0n) is 9.49. The Hall–Kier alpha value is 0.729. The second kappa shape index (κ2) is 9.73. The van der Waals surface area contributed by atoms with Gasteiger partial charge in [-0.05, 0) is 0 Å². The van der Waals surface area contributed by atoms with Crippen molar-refractivity contribution in [1.82, 2.24) is 0 Å². The first-order chi connectivity index (χ1) is 7.83. The molecule has 0 fully saturated rings. The van der Waals surface area contributed by atoms with E-state index in [1.54, 1.807) is 2.48 Å². The maximum absolute atomic E-state index is 2.52. The minimum atomic E-state index is 0.532. The second-order valence-electron chi connectivity index (χ2n) is 3.41. The van der Waals surface area contributed by atoms with E-state index in [2.05, 4.69) is 64.8 Å². The molecule has 0 saturated carbocycles. The summed E-state index contributed by atoms with van der Waals surface area (Å²) in [6.45, 7) is 2.27. The molecule has 1 aromatic rings. The second-order valence-corrected chi connectivity index (χ2v) is 10.6. The van der Waals surface area contributed by atoms with E-state index in [9.17, 15) is 0 Å². The number of benzene rings is 1. The van der Waals surface area contributed by atoms with Gasteiger partial charge in [0.05, 0.1) is 0 Å². The van der Waals surface area contributed by atoms with Gasteiger partial charge in [-0.3, -0.25) is 0 Å². The van der Waals surface area contributed by atoms with E-state index in [0.29, 0.717) is 15.0 Å². The van der Waals surface area contributed by atoms with Crippen LogP contribution in [0.15, 0.2) is 37.8 Å². The minimum absolute atomic E-state index is 0.532. The van der Waals surface area contributed by atoms with E-state index in [1.807, 2.05) is 0 Å². The van der Waals surface area contributed by atoms with Crippen molar-refractivity contribution >= 4 is 57.0 Å². The van der Waals surface area contributed by atoms with Crippen molar-refractivity contribution in [3.63, 3.8) is 0 Å². The number of hydrogen-bond acceptors (Lipinski definition) is 0. The molecule has 0 aliphatic heterocycles. The Kier molecular flexibility index (Phi) is 8.99. The summed E-state index contributed by atoms with van der Waals surface area (Å²) in [5, 5.41) is 1.42. The van der Waals surface area contributed by atoms with Crippen LogP contribution < -0.4 is 4.46 Å². The van der Waals surface area contributed by atoms with Crippen molar-refractivity contribution in [2.45, 2.75) is 31.5 Å². The molecule has 0 atom stereocenters. The molecule has 0 unspecified atom stereocenters. The van der Waals surface area contributed by atoms with E-state index >= 15 is 0 Å². The summed E-state index contributed by atoms with van der Waals surface area (Å²) in [5.41, 5.74) is 0. The molecule has 0 aliphatic rings. The van der Waals surface area contributed by atoms with Crippen molar-refractivity contribution in [2.75, 3.05) is 0 Å². The van der Waals surface area contributed by atoms with Gasteiger partial charge in [-0.25, -0.2) is 0 Å².